The van der Waals surface area contributed by atoms with Crippen LogP contribution in [0.1, 0.15) is 43.9 Å². The van der Waals surface area contributed by atoms with Crippen LogP contribution >= 0.6 is 23.4 Å². The van der Waals surface area contributed by atoms with Gasteiger partial charge in [0.25, 0.3) is 0 Å². The topological polar surface area (TPSA) is 55.5 Å². The van der Waals surface area contributed by atoms with Crippen LogP contribution in [0, 0.1) is 0 Å². The van der Waals surface area contributed by atoms with Crippen molar-refractivity contribution in [3.05, 3.63) is 88.9 Å². The first kappa shape index (κ1) is 22.7. The molecule has 0 aliphatic carbocycles. The summed E-state index contributed by atoms with van der Waals surface area (Å²) in [5, 5.41) is 11.2. The molecule has 0 heterocycles. The third-order valence-electron chi connectivity index (χ3n) is 4.97. The summed E-state index contributed by atoms with van der Waals surface area (Å²) < 4.78 is 5.92. The number of rotatable bonds is 9. The lowest BCUT2D eigenvalue weighted by atomic mass is 9.86. The van der Waals surface area contributed by atoms with Crippen LogP contribution in [0.4, 0.5) is 0 Å². The Bertz CT molecular complexity index is 962. The fourth-order valence-electron chi connectivity index (χ4n) is 3.33. The minimum Gasteiger partial charge on any atom is -0.489 e. The van der Waals surface area contributed by atoms with Gasteiger partial charge in [0.05, 0.1) is 6.10 Å². The number of hydrogen-bond donors (Lipinski definition) is 2. The normalized spacial score (nSPS) is 14.2. The van der Waals surface area contributed by atoms with Crippen molar-refractivity contribution >= 4 is 23.4 Å². The molecule has 3 N–H and O–H groups in total. The number of hydrogen-bond acceptors (Lipinski definition) is 4. The van der Waals surface area contributed by atoms with Crippen LogP contribution in [0.2, 0.25) is 5.02 Å². The molecule has 0 saturated heterocycles. The summed E-state index contributed by atoms with van der Waals surface area (Å²) in [6.45, 7) is 4.45. The summed E-state index contributed by atoms with van der Waals surface area (Å²) >= 11 is 8.09. The molecule has 0 aliphatic heterocycles. The van der Waals surface area contributed by atoms with E-state index in [1.807, 2.05) is 79.7 Å². The zero-order valence-electron chi connectivity index (χ0n) is 17.3. The van der Waals surface area contributed by atoms with Crippen LogP contribution < -0.4 is 10.5 Å². The van der Waals surface area contributed by atoms with Crippen LogP contribution in [0.25, 0.3) is 0 Å². The highest BCUT2D eigenvalue weighted by Crippen LogP contribution is 2.37. The molecular weight excluding hydrogens is 414 g/mol. The third kappa shape index (κ3) is 6.02. The maximum atomic E-state index is 10.7. The zero-order chi connectivity index (χ0) is 21.6. The summed E-state index contributed by atoms with van der Waals surface area (Å²) in [5.74, 6) is 0.820. The second-order valence-electron chi connectivity index (χ2n) is 7.69. The van der Waals surface area contributed by atoms with Crippen molar-refractivity contribution < 1.29 is 9.84 Å². The smallest absolute Gasteiger partial charge is 0.120 e. The number of nitrogens with two attached hydrogens (primary N) is 1. The van der Waals surface area contributed by atoms with Gasteiger partial charge in [-0.1, -0.05) is 79.2 Å². The average molecular weight is 442 g/mol. The van der Waals surface area contributed by atoms with E-state index in [9.17, 15) is 5.11 Å². The Labute approximate surface area is 188 Å². The molecule has 2 atom stereocenters. The molecule has 0 radical (unpaired) electrons. The van der Waals surface area contributed by atoms with Gasteiger partial charge in [0, 0.05) is 25.9 Å². The van der Waals surface area contributed by atoms with E-state index in [2.05, 4.69) is 6.92 Å². The molecule has 3 aromatic rings. The Kier molecular flexibility index (Phi) is 7.84. The van der Waals surface area contributed by atoms with Crippen LogP contribution in [0.15, 0.2) is 82.6 Å². The molecule has 158 valence electrons. The molecule has 30 heavy (non-hydrogen) atoms. The highest BCUT2D eigenvalue weighted by Gasteiger charge is 2.30. The molecule has 3 aromatic carbocycles. The first-order chi connectivity index (χ1) is 14.4. The van der Waals surface area contributed by atoms with Gasteiger partial charge in [-0.15, -0.1) is 0 Å². The van der Waals surface area contributed by atoms with E-state index >= 15 is 0 Å². The summed E-state index contributed by atoms with van der Waals surface area (Å²) in [7, 11) is 0. The number of halogens is 1. The van der Waals surface area contributed by atoms with E-state index in [0.29, 0.717) is 17.2 Å². The summed E-state index contributed by atoms with van der Waals surface area (Å²) in [6.07, 6.45) is 0.813. The van der Waals surface area contributed by atoms with Crippen LogP contribution in [-0.2, 0) is 6.61 Å². The quantitative estimate of drug-likeness (QED) is 0.391. The van der Waals surface area contributed by atoms with Gasteiger partial charge < -0.3 is 15.6 Å². The molecule has 0 bridgehead atoms. The van der Waals surface area contributed by atoms with Crippen molar-refractivity contribution in [3.8, 4) is 5.75 Å². The Morgan fingerprint density at radius 1 is 1.03 bits per heavy atom. The van der Waals surface area contributed by atoms with Crippen molar-refractivity contribution in [2.45, 2.75) is 54.7 Å². The predicted octanol–water partition coefficient (Wildman–Crippen LogP) is 6.62. The van der Waals surface area contributed by atoms with Crippen molar-refractivity contribution in [2.24, 2.45) is 5.73 Å². The third-order valence-corrected chi connectivity index (χ3v) is 6.28. The lowest BCUT2D eigenvalue weighted by Crippen LogP contribution is -2.42. The molecular formula is C25H28ClNO2S. The van der Waals surface area contributed by atoms with Gasteiger partial charge in [-0.05, 0) is 49.2 Å². The monoisotopic (exact) mass is 441 g/mol. The van der Waals surface area contributed by atoms with Crippen LogP contribution in [0.3, 0.4) is 0 Å². The fraction of sp³-hybridized carbons (Fsp3) is 0.280. The predicted molar refractivity (Wildman–Crippen MR) is 125 cm³/mol. The zero-order valence-corrected chi connectivity index (χ0v) is 18.9. The van der Waals surface area contributed by atoms with Gasteiger partial charge in [0.2, 0.25) is 0 Å². The highest BCUT2D eigenvalue weighted by molar-refractivity contribution is 7.99. The van der Waals surface area contributed by atoms with Crippen LogP contribution in [-0.4, -0.2) is 10.6 Å². The van der Waals surface area contributed by atoms with Gasteiger partial charge in [0.15, 0.2) is 0 Å². The number of aliphatic hydroxyl groups excluding tert-OH is 1. The molecule has 0 amide bonds. The van der Waals surface area contributed by atoms with E-state index in [1.54, 1.807) is 11.8 Å². The van der Waals surface area contributed by atoms with E-state index in [1.165, 1.54) is 0 Å². The summed E-state index contributed by atoms with van der Waals surface area (Å²) in [4.78, 5) is 2.05. The van der Waals surface area contributed by atoms with E-state index in [0.717, 1.165) is 33.9 Å². The molecule has 1 unspecified atom stereocenters. The Balaban J connectivity index is 1.68. The lowest BCUT2D eigenvalue weighted by Gasteiger charge is -2.31. The molecule has 0 fully saturated rings. The average Bonchev–Trinajstić information content (AvgIpc) is 2.73. The Morgan fingerprint density at radius 3 is 2.47 bits per heavy atom. The molecule has 0 saturated carbocycles. The summed E-state index contributed by atoms with van der Waals surface area (Å²) in [5.41, 5.74) is 7.38. The number of aliphatic hydroxyl groups is 1. The first-order valence-electron chi connectivity index (χ1n) is 10.1. The van der Waals surface area contributed by atoms with Crippen molar-refractivity contribution in [3.63, 3.8) is 0 Å². The van der Waals surface area contributed by atoms with E-state index in [-0.39, 0.29) is 0 Å². The van der Waals surface area contributed by atoms with Gasteiger partial charge in [-0.25, -0.2) is 0 Å². The minimum atomic E-state index is -0.807. The maximum absolute atomic E-state index is 10.7. The second kappa shape index (κ2) is 10.4. The van der Waals surface area contributed by atoms with E-state index < -0.39 is 11.6 Å². The minimum absolute atomic E-state index is 0.525. The van der Waals surface area contributed by atoms with Gasteiger partial charge in [-0.3, -0.25) is 0 Å². The Hall–Kier alpha value is -1.98. The molecule has 0 aromatic heterocycles. The molecule has 3 nitrogen and oxygen atoms in total. The lowest BCUT2D eigenvalue weighted by molar-refractivity contribution is 0.0882. The standard InChI is InChI=1S/C25H28ClNO2S/c1-3-14-25(2,27)24(28)22-13-12-21(16-23(22)26)30-20-11-7-10-19(15-20)29-17-18-8-5-4-6-9-18/h4-13,15-16,24,28H,3,14,17,27H2,1-2H3/t24-,25?/m0/s1. The van der Waals surface area contributed by atoms with E-state index in [4.69, 9.17) is 22.1 Å². The van der Waals surface area contributed by atoms with Gasteiger partial charge in [0.1, 0.15) is 12.4 Å². The fourth-order valence-corrected chi connectivity index (χ4v) is 4.58. The van der Waals surface area contributed by atoms with Crippen molar-refractivity contribution in [2.75, 3.05) is 0 Å². The summed E-state index contributed by atoms with van der Waals surface area (Å²) in [6, 6.07) is 23.8. The largest absolute Gasteiger partial charge is 0.489 e. The van der Waals surface area contributed by atoms with Crippen LogP contribution in [0.5, 0.6) is 5.75 Å². The molecule has 0 spiro atoms. The second-order valence-corrected chi connectivity index (χ2v) is 9.25. The maximum Gasteiger partial charge on any atom is 0.120 e. The Morgan fingerprint density at radius 2 is 1.77 bits per heavy atom. The number of benzene rings is 3. The molecule has 5 heteroatoms. The SMILES string of the molecule is CCCC(C)(N)[C@@H](O)c1ccc(Sc2cccc(OCc3ccccc3)c2)cc1Cl. The van der Waals surface area contributed by atoms with Gasteiger partial charge >= 0.3 is 0 Å². The van der Waals surface area contributed by atoms with Crippen molar-refractivity contribution in [1.29, 1.82) is 0 Å². The molecule has 3 rings (SSSR count). The highest BCUT2D eigenvalue weighted by atomic mass is 35.5. The van der Waals surface area contributed by atoms with Crippen molar-refractivity contribution in [1.82, 2.24) is 0 Å². The van der Waals surface area contributed by atoms with Gasteiger partial charge in [-0.2, -0.15) is 0 Å². The number of ether oxygens (including phenoxy) is 1. The molecule has 0 aliphatic rings. The first-order valence-corrected chi connectivity index (χ1v) is 11.3.